The molecule has 128 valence electrons. The molecule has 0 radical (unpaired) electrons. The molecule has 1 aromatic carbocycles. The summed E-state index contributed by atoms with van der Waals surface area (Å²) in [5, 5.41) is 0. The molecule has 1 aliphatic heterocycles. The Labute approximate surface area is 146 Å². The van der Waals surface area contributed by atoms with E-state index >= 15 is 0 Å². The number of sulfonamides is 1. The molecule has 23 heavy (non-hydrogen) atoms. The van der Waals surface area contributed by atoms with Crippen LogP contribution in [0, 0.1) is 12.3 Å². The first-order valence-corrected chi connectivity index (χ1v) is 9.82. The van der Waals surface area contributed by atoms with Crippen LogP contribution in [-0.2, 0) is 14.8 Å². The summed E-state index contributed by atoms with van der Waals surface area (Å²) < 4.78 is 27.8. The molecule has 0 aromatic heterocycles. The molecule has 0 unspecified atom stereocenters. The second-order valence-corrected chi connectivity index (χ2v) is 9.65. The van der Waals surface area contributed by atoms with E-state index in [4.69, 9.17) is 0 Å². The summed E-state index contributed by atoms with van der Waals surface area (Å²) in [4.78, 5) is 14.3. The van der Waals surface area contributed by atoms with E-state index in [2.05, 4.69) is 15.9 Å². The number of hydrogen-bond acceptors (Lipinski definition) is 3. The van der Waals surface area contributed by atoms with Crippen LogP contribution < -0.4 is 0 Å². The summed E-state index contributed by atoms with van der Waals surface area (Å²) >= 11 is 3.38. The van der Waals surface area contributed by atoms with Crippen molar-refractivity contribution in [2.45, 2.75) is 32.6 Å². The second-order valence-electron chi connectivity index (χ2n) is 6.86. The largest absolute Gasteiger partial charge is 0.340 e. The van der Waals surface area contributed by atoms with Gasteiger partial charge in [0.1, 0.15) is 0 Å². The first-order valence-electron chi connectivity index (χ1n) is 7.59. The summed E-state index contributed by atoms with van der Waals surface area (Å²) in [5.41, 5.74) is 0.441. The molecule has 1 heterocycles. The molecular weight excluding hydrogens is 380 g/mol. The summed E-state index contributed by atoms with van der Waals surface area (Å²) in [6.07, 6.45) is 0. The third-order valence-electron chi connectivity index (χ3n) is 3.93. The number of halogens is 1. The molecule has 0 saturated carbocycles. The van der Waals surface area contributed by atoms with Crippen molar-refractivity contribution in [1.29, 1.82) is 0 Å². The van der Waals surface area contributed by atoms with Crippen LogP contribution in [0.1, 0.15) is 26.3 Å². The first kappa shape index (κ1) is 18.4. The number of hydrogen-bond donors (Lipinski definition) is 0. The lowest BCUT2D eigenvalue weighted by Gasteiger charge is -2.37. The van der Waals surface area contributed by atoms with E-state index in [1.807, 2.05) is 27.7 Å². The van der Waals surface area contributed by atoms with Crippen molar-refractivity contribution in [3.63, 3.8) is 0 Å². The highest BCUT2D eigenvalue weighted by Crippen LogP contribution is 2.24. The van der Waals surface area contributed by atoms with Gasteiger partial charge in [-0.1, -0.05) is 36.7 Å². The first-order chi connectivity index (χ1) is 10.5. The molecule has 0 atom stereocenters. The van der Waals surface area contributed by atoms with Gasteiger partial charge in [-0.3, -0.25) is 4.79 Å². The van der Waals surface area contributed by atoms with Crippen LogP contribution >= 0.6 is 15.9 Å². The number of benzene rings is 1. The van der Waals surface area contributed by atoms with Gasteiger partial charge in [0.15, 0.2) is 0 Å². The molecule has 1 amide bonds. The van der Waals surface area contributed by atoms with Crippen LogP contribution in [-0.4, -0.2) is 49.7 Å². The Balaban J connectivity index is 2.12. The van der Waals surface area contributed by atoms with E-state index in [-0.39, 0.29) is 5.91 Å². The van der Waals surface area contributed by atoms with Crippen molar-refractivity contribution < 1.29 is 13.2 Å². The number of aryl methyl sites for hydroxylation is 1. The van der Waals surface area contributed by atoms with E-state index in [0.29, 0.717) is 31.1 Å². The summed E-state index contributed by atoms with van der Waals surface area (Å²) in [5.74, 6) is 0.0639. The molecule has 7 heteroatoms. The lowest BCUT2D eigenvalue weighted by atomic mass is 9.94. The lowest BCUT2D eigenvalue weighted by Crippen LogP contribution is -2.52. The van der Waals surface area contributed by atoms with Crippen molar-refractivity contribution in [3.8, 4) is 0 Å². The predicted octanol–water partition coefficient (Wildman–Crippen LogP) is 2.64. The van der Waals surface area contributed by atoms with Crippen molar-refractivity contribution >= 4 is 31.9 Å². The highest BCUT2D eigenvalue weighted by Gasteiger charge is 2.33. The second kappa shape index (κ2) is 6.53. The molecule has 2 rings (SSSR count). The van der Waals surface area contributed by atoms with E-state index in [0.717, 1.165) is 10.0 Å². The molecule has 1 aliphatic rings. The van der Waals surface area contributed by atoms with Crippen molar-refractivity contribution in [2.75, 3.05) is 26.2 Å². The normalized spacial score (nSPS) is 17.3. The highest BCUT2D eigenvalue weighted by atomic mass is 79.9. The van der Waals surface area contributed by atoms with Gasteiger partial charge in [0.2, 0.25) is 15.9 Å². The van der Waals surface area contributed by atoms with Crippen LogP contribution in [0.5, 0.6) is 0 Å². The van der Waals surface area contributed by atoms with E-state index in [9.17, 15) is 13.2 Å². The van der Waals surface area contributed by atoms with Gasteiger partial charge in [0, 0.05) is 36.1 Å². The SMILES string of the molecule is Cc1cc(S(=O)(=O)N2CCN(C(=O)C(C)(C)C)CC2)ccc1Br. The van der Waals surface area contributed by atoms with Gasteiger partial charge in [-0.05, 0) is 30.7 Å². The monoisotopic (exact) mass is 402 g/mol. The Morgan fingerprint density at radius 3 is 2.17 bits per heavy atom. The minimum Gasteiger partial charge on any atom is -0.340 e. The number of amides is 1. The maximum atomic E-state index is 12.7. The molecule has 0 spiro atoms. The Morgan fingerprint density at radius 2 is 1.70 bits per heavy atom. The minimum absolute atomic E-state index is 0.0639. The zero-order valence-electron chi connectivity index (χ0n) is 14.0. The van der Waals surface area contributed by atoms with Crippen molar-refractivity contribution in [2.24, 2.45) is 5.41 Å². The van der Waals surface area contributed by atoms with Gasteiger partial charge in [-0.25, -0.2) is 8.42 Å². The fourth-order valence-electron chi connectivity index (χ4n) is 2.53. The molecular formula is C16H23BrN2O3S. The van der Waals surface area contributed by atoms with Gasteiger partial charge >= 0.3 is 0 Å². The van der Waals surface area contributed by atoms with E-state index < -0.39 is 15.4 Å². The quantitative estimate of drug-likeness (QED) is 0.763. The number of piperazine rings is 1. The predicted molar refractivity (Wildman–Crippen MR) is 93.7 cm³/mol. The Bertz CT molecular complexity index is 703. The highest BCUT2D eigenvalue weighted by molar-refractivity contribution is 9.10. The zero-order valence-corrected chi connectivity index (χ0v) is 16.4. The maximum Gasteiger partial charge on any atom is 0.243 e. The van der Waals surface area contributed by atoms with Gasteiger partial charge in [-0.15, -0.1) is 0 Å². The molecule has 5 nitrogen and oxygen atoms in total. The summed E-state index contributed by atoms with van der Waals surface area (Å²) in [6, 6.07) is 5.03. The molecule has 1 saturated heterocycles. The lowest BCUT2D eigenvalue weighted by molar-refractivity contribution is -0.140. The van der Waals surface area contributed by atoms with E-state index in [1.54, 1.807) is 23.1 Å². The summed E-state index contributed by atoms with van der Waals surface area (Å²) in [6.45, 7) is 9.03. The topological polar surface area (TPSA) is 57.7 Å². The van der Waals surface area contributed by atoms with E-state index in [1.165, 1.54) is 4.31 Å². The zero-order chi connectivity index (χ0) is 17.4. The molecule has 0 N–H and O–H groups in total. The van der Waals surface area contributed by atoms with Gasteiger partial charge in [-0.2, -0.15) is 4.31 Å². The molecule has 0 bridgehead atoms. The number of carbonyl (C=O) groups excluding carboxylic acids is 1. The van der Waals surface area contributed by atoms with Crippen molar-refractivity contribution in [3.05, 3.63) is 28.2 Å². The third kappa shape index (κ3) is 3.95. The van der Waals surface area contributed by atoms with Gasteiger partial charge < -0.3 is 4.90 Å². The average Bonchev–Trinajstić information content (AvgIpc) is 2.48. The smallest absolute Gasteiger partial charge is 0.243 e. The van der Waals surface area contributed by atoms with Crippen LogP contribution in [0.25, 0.3) is 0 Å². The average molecular weight is 403 g/mol. The standard InChI is InChI=1S/C16H23BrN2O3S/c1-12-11-13(5-6-14(12)17)23(21,22)19-9-7-18(8-10-19)15(20)16(2,3)4/h5-6,11H,7-10H2,1-4H3. The summed E-state index contributed by atoms with van der Waals surface area (Å²) in [7, 11) is -3.51. The number of carbonyl (C=O) groups is 1. The molecule has 0 aliphatic carbocycles. The van der Waals surface area contributed by atoms with Crippen LogP contribution in [0.15, 0.2) is 27.6 Å². The fourth-order valence-corrected chi connectivity index (χ4v) is 4.29. The Kier molecular flexibility index (Phi) is 5.23. The Hall–Kier alpha value is -0.920. The maximum absolute atomic E-state index is 12.7. The van der Waals surface area contributed by atoms with Crippen LogP contribution in [0.4, 0.5) is 0 Å². The molecule has 1 aromatic rings. The number of rotatable bonds is 2. The number of nitrogens with zero attached hydrogens (tertiary/aromatic N) is 2. The van der Waals surface area contributed by atoms with Gasteiger partial charge in [0.25, 0.3) is 0 Å². The Morgan fingerprint density at radius 1 is 1.13 bits per heavy atom. The minimum atomic E-state index is -3.51. The van der Waals surface area contributed by atoms with Crippen molar-refractivity contribution in [1.82, 2.24) is 9.21 Å². The van der Waals surface area contributed by atoms with Crippen LogP contribution in [0.2, 0.25) is 0 Å². The fraction of sp³-hybridized carbons (Fsp3) is 0.562. The third-order valence-corrected chi connectivity index (χ3v) is 6.72. The molecule has 1 fully saturated rings. The van der Waals surface area contributed by atoms with Crippen LogP contribution in [0.3, 0.4) is 0 Å². The van der Waals surface area contributed by atoms with Gasteiger partial charge in [0.05, 0.1) is 4.90 Å².